The molecule has 112 valence electrons. The van der Waals surface area contributed by atoms with Crippen LogP contribution >= 0.6 is 0 Å². The van der Waals surface area contributed by atoms with Crippen LogP contribution in [0.4, 0.5) is 0 Å². The summed E-state index contributed by atoms with van der Waals surface area (Å²) < 4.78 is 1.79. The van der Waals surface area contributed by atoms with Gasteiger partial charge in [0.15, 0.2) is 0 Å². The first-order chi connectivity index (χ1) is 10.3. The summed E-state index contributed by atoms with van der Waals surface area (Å²) >= 11 is 0. The van der Waals surface area contributed by atoms with E-state index in [1.54, 1.807) is 17.1 Å². The van der Waals surface area contributed by atoms with Crippen molar-refractivity contribution < 1.29 is 4.79 Å². The molecule has 3 rings (SSSR count). The zero-order valence-corrected chi connectivity index (χ0v) is 12.3. The number of aromatic amines is 1. The van der Waals surface area contributed by atoms with Crippen LogP contribution in [0.2, 0.25) is 0 Å². The molecule has 1 atom stereocenters. The van der Waals surface area contributed by atoms with Crippen LogP contribution in [0.5, 0.6) is 0 Å². The normalized spacial score (nSPS) is 18.9. The van der Waals surface area contributed by atoms with Crippen LogP contribution in [0.1, 0.15) is 35.8 Å². The van der Waals surface area contributed by atoms with Crippen molar-refractivity contribution in [1.82, 2.24) is 24.9 Å². The van der Waals surface area contributed by atoms with Gasteiger partial charge in [0.1, 0.15) is 0 Å². The molecule has 1 aliphatic heterocycles. The lowest BCUT2D eigenvalue weighted by Gasteiger charge is -2.32. The minimum absolute atomic E-state index is 0.101. The third-order valence-electron chi connectivity index (χ3n) is 4.08. The molecule has 2 aromatic heterocycles. The van der Waals surface area contributed by atoms with E-state index in [4.69, 9.17) is 0 Å². The van der Waals surface area contributed by atoms with E-state index in [0.29, 0.717) is 11.5 Å². The van der Waals surface area contributed by atoms with Gasteiger partial charge in [-0.2, -0.15) is 10.2 Å². The molecule has 0 radical (unpaired) electrons. The van der Waals surface area contributed by atoms with Gasteiger partial charge < -0.3 is 4.90 Å². The third kappa shape index (κ3) is 3.15. The van der Waals surface area contributed by atoms with Gasteiger partial charge in [0, 0.05) is 37.7 Å². The van der Waals surface area contributed by atoms with E-state index in [0.717, 1.165) is 44.6 Å². The second kappa shape index (κ2) is 6.11. The van der Waals surface area contributed by atoms with E-state index < -0.39 is 0 Å². The van der Waals surface area contributed by atoms with Gasteiger partial charge in [-0.15, -0.1) is 0 Å². The molecule has 3 heterocycles. The van der Waals surface area contributed by atoms with Gasteiger partial charge in [-0.25, -0.2) is 0 Å². The number of H-pyrrole nitrogens is 1. The first-order valence-electron chi connectivity index (χ1n) is 7.56. The number of hydrogen-bond acceptors (Lipinski definition) is 3. The summed E-state index contributed by atoms with van der Waals surface area (Å²) in [5.74, 6) is 0.605. The minimum atomic E-state index is 0.101. The Balaban J connectivity index is 1.63. The van der Waals surface area contributed by atoms with Crippen molar-refractivity contribution in [2.24, 2.45) is 5.92 Å². The Kier molecular flexibility index (Phi) is 4.03. The van der Waals surface area contributed by atoms with Crippen LogP contribution < -0.4 is 0 Å². The Morgan fingerprint density at radius 2 is 2.43 bits per heavy atom. The SMILES string of the molecule is CCn1cc(C(=O)N2CCCC(Cc3ccn[nH]3)C2)cn1. The summed E-state index contributed by atoms with van der Waals surface area (Å²) in [5, 5.41) is 11.2. The molecule has 1 amide bonds. The predicted molar refractivity (Wildman–Crippen MR) is 78.8 cm³/mol. The summed E-state index contributed by atoms with van der Waals surface area (Å²) in [6.07, 6.45) is 8.47. The molecule has 0 saturated carbocycles. The minimum Gasteiger partial charge on any atom is -0.338 e. The zero-order chi connectivity index (χ0) is 14.7. The van der Waals surface area contributed by atoms with Crippen LogP contribution in [0, 0.1) is 5.92 Å². The van der Waals surface area contributed by atoms with Crippen LogP contribution in [0.3, 0.4) is 0 Å². The van der Waals surface area contributed by atoms with Crippen LogP contribution in [0.15, 0.2) is 24.7 Å². The molecular weight excluding hydrogens is 266 g/mol. The topological polar surface area (TPSA) is 66.8 Å². The molecule has 1 aliphatic rings. The first kappa shape index (κ1) is 13.9. The van der Waals surface area contributed by atoms with E-state index in [1.165, 1.54) is 0 Å². The molecule has 1 saturated heterocycles. The van der Waals surface area contributed by atoms with Crippen LogP contribution in [-0.4, -0.2) is 43.9 Å². The lowest BCUT2D eigenvalue weighted by atomic mass is 9.93. The van der Waals surface area contributed by atoms with Crippen molar-refractivity contribution in [3.05, 3.63) is 35.9 Å². The molecule has 0 bridgehead atoms. The molecule has 0 spiro atoms. The maximum atomic E-state index is 12.5. The number of rotatable bonds is 4. The maximum absolute atomic E-state index is 12.5. The molecule has 21 heavy (non-hydrogen) atoms. The highest BCUT2D eigenvalue weighted by Gasteiger charge is 2.25. The predicted octanol–water partition coefficient (Wildman–Crippen LogP) is 1.72. The van der Waals surface area contributed by atoms with E-state index in [9.17, 15) is 4.79 Å². The molecule has 1 fully saturated rings. The summed E-state index contributed by atoms with van der Waals surface area (Å²) in [6.45, 7) is 4.46. The number of nitrogens with one attached hydrogen (secondary N) is 1. The second-order valence-electron chi connectivity index (χ2n) is 5.63. The summed E-state index contributed by atoms with van der Waals surface area (Å²) in [5.41, 5.74) is 1.84. The fourth-order valence-corrected chi connectivity index (χ4v) is 2.96. The number of aromatic nitrogens is 4. The summed E-state index contributed by atoms with van der Waals surface area (Å²) in [6, 6.07) is 2.01. The number of aryl methyl sites for hydroxylation is 1. The Morgan fingerprint density at radius 1 is 1.52 bits per heavy atom. The number of amides is 1. The lowest BCUT2D eigenvalue weighted by Crippen LogP contribution is -2.40. The smallest absolute Gasteiger partial charge is 0.257 e. The molecule has 0 aliphatic carbocycles. The Labute approximate surface area is 124 Å². The highest BCUT2D eigenvalue weighted by atomic mass is 16.2. The Morgan fingerprint density at radius 3 is 3.14 bits per heavy atom. The maximum Gasteiger partial charge on any atom is 0.257 e. The Bertz CT molecular complexity index is 589. The molecule has 2 aromatic rings. The second-order valence-corrected chi connectivity index (χ2v) is 5.63. The molecule has 1 N–H and O–H groups in total. The van der Waals surface area contributed by atoms with Gasteiger partial charge in [-0.1, -0.05) is 0 Å². The number of piperidine rings is 1. The van der Waals surface area contributed by atoms with E-state index in [1.807, 2.05) is 24.1 Å². The largest absolute Gasteiger partial charge is 0.338 e. The van der Waals surface area contributed by atoms with E-state index >= 15 is 0 Å². The highest BCUT2D eigenvalue weighted by Crippen LogP contribution is 2.21. The average Bonchev–Trinajstić information content (AvgIpc) is 3.17. The number of carbonyl (C=O) groups is 1. The number of nitrogens with zero attached hydrogens (tertiary/aromatic N) is 4. The quantitative estimate of drug-likeness (QED) is 0.931. The number of carbonyl (C=O) groups excluding carboxylic acids is 1. The zero-order valence-electron chi connectivity index (χ0n) is 12.3. The molecule has 6 nitrogen and oxygen atoms in total. The van der Waals surface area contributed by atoms with Crippen molar-refractivity contribution in [2.75, 3.05) is 13.1 Å². The third-order valence-corrected chi connectivity index (χ3v) is 4.08. The van der Waals surface area contributed by atoms with Crippen molar-refractivity contribution in [1.29, 1.82) is 0 Å². The fraction of sp³-hybridized carbons (Fsp3) is 0.533. The van der Waals surface area contributed by atoms with E-state index in [2.05, 4.69) is 15.3 Å². The monoisotopic (exact) mass is 287 g/mol. The standard InChI is InChI=1S/C15H21N5O/c1-2-20-11-13(9-17-20)15(21)19-7-3-4-12(10-19)8-14-5-6-16-18-14/h5-6,9,11-12H,2-4,7-8,10H2,1H3,(H,16,18). The Hall–Kier alpha value is -2.11. The molecule has 0 aromatic carbocycles. The van der Waals surface area contributed by atoms with Gasteiger partial charge in [0.05, 0.1) is 11.8 Å². The van der Waals surface area contributed by atoms with Gasteiger partial charge in [0.25, 0.3) is 5.91 Å². The highest BCUT2D eigenvalue weighted by molar-refractivity contribution is 5.93. The van der Waals surface area contributed by atoms with Gasteiger partial charge in [-0.3, -0.25) is 14.6 Å². The van der Waals surface area contributed by atoms with Crippen molar-refractivity contribution in [3.8, 4) is 0 Å². The molecular formula is C15H21N5O. The average molecular weight is 287 g/mol. The lowest BCUT2D eigenvalue weighted by molar-refractivity contribution is 0.0672. The first-order valence-corrected chi connectivity index (χ1v) is 7.56. The van der Waals surface area contributed by atoms with E-state index in [-0.39, 0.29) is 5.91 Å². The summed E-state index contributed by atoms with van der Waals surface area (Å²) in [4.78, 5) is 14.5. The summed E-state index contributed by atoms with van der Waals surface area (Å²) in [7, 11) is 0. The van der Waals surface area contributed by atoms with Crippen molar-refractivity contribution in [3.63, 3.8) is 0 Å². The number of likely N-dealkylation sites (tertiary alicyclic amines) is 1. The van der Waals surface area contributed by atoms with Crippen molar-refractivity contribution in [2.45, 2.75) is 32.7 Å². The molecule has 6 heteroatoms. The van der Waals surface area contributed by atoms with Crippen LogP contribution in [-0.2, 0) is 13.0 Å². The fourth-order valence-electron chi connectivity index (χ4n) is 2.96. The number of hydrogen-bond donors (Lipinski definition) is 1. The van der Waals surface area contributed by atoms with Gasteiger partial charge >= 0.3 is 0 Å². The van der Waals surface area contributed by atoms with Crippen LogP contribution in [0.25, 0.3) is 0 Å². The molecule has 1 unspecified atom stereocenters. The van der Waals surface area contributed by atoms with Gasteiger partial charge in [0.2, 0.25) is 0 Å². The van der Waals surface area contributed by atoms with Gasteiger partial charge in [-0.05, 0) is 38.2 Å². The van der Waals surface area contributed by atoms with Crippen molar-refractivity contribution >= 4 is 5.91 Å².